The average Bonchev–Trinajstić information content (AvgIpc) is 2.80. The molecule has 0 saturated carbocycles. The third kappa shape index (κ3) is 3.14. The molecule has 0 bridgehead atoms. The molecule has 1 N–H and O–H groups in total. The lowest BCUT2D eigenvalue weighted by atomic mass is 10.1. The number of oxazole rings is 1. The van der Waals surface area contributed by atoms with Crippen molar-refractivity contribution in [1.29, 1.82) is 0 Å². The first kappa shape index (κ1) is 11.8. The van der Waals surface area contributed by atoms with E-state index in [1.54, 1.807) is 12.4 Å². The van der Waals surface area contributed by atoms with Gasteiger partial charge in [-0.05, 0) is 24.1 Å². The number of rotatable bonds is 5. The minimum atomic E-state index is 0.647. The number of aryl methyl sites for hydroxylation is 2. The highest BCUT2D eigenvalue weighted by atomic mass is 16.4. The number of nitrogens with one attached hydrogen (secondary N) is 1. The van der Waals surface area contributed by atoms with Gasteiger partial charge in [-0.15, -0.1) is 0 Å². The van der Waals surface area contributed by atoms with Gasteiger partial charge in [0.05, 0.1) is 12.7 Å². The zero-order valence-corrected chi connectivity index (χ0v) is 10.2. The Morgan fingerprint density at radius 3 is 2.88 bits per heavy atom. The summed E-state index contributed by atoms with van der Waals surface area (Å²) in [7, 11) is 0. The number of aromatic nitrogens is 2. The summed E-state index contributed by atoms with van der Waals surface area (Å²) in [5.74, 6) is 1.67. The van der Waals surface area contributed by atoms with Crippen molar-refractivity contribution in [3.05, 3.63) is 47.4 Å². The van der Waals surface area contributed by atoms with Crippen LogP contribution in [0.15, 0.2) is 29.1 Å². The predicted molar refractivity (Wildman–Crippen MR) is 65.4 cm³/mol. The minimum absolute atomic E-state index is 0.647. The van der Waals surface area contributed by atoms with E-state index in [1.165, 1.54) is 11.1 Å². The summed E-state index contributed by atoms with van der Waals surface area (Å²) < 4.78 is 5.51. The summed E-state index contributed by atoms with van der Waals surface area (Å²) in [5.41, 5.74) is 2.45. The van der Waals surface area contributed by atoms with E-state index in [2.05, 4.69) is 29.1 Å². The number of nitrogens with zero attached hydrogens (tertiary/aromatic N) is 2. The first-order valence-electron chi connectivity index (χ1n) is 5.83. The van der Waals surface area contributed by atoms with Crippen LogP contribution in [0.5, 0.6) is 0 Å². The lowest BCUT2D eigenvalue weighted by molar-refractivity contribution is 0.439. The van der Waals surface area contributed by atoms with Crippen LogP contribution in [0.3, 0.4) is 0 Å². The van der Waals surface area contributed by atoms with Gasteiger partial charge in [-0.3, -0.25) is 4.98 Å². The van der Waals surface area contributed by atoms with Crippen molar-refractivity contribution < 1.29 is 4.42 Å². The van der Waals surface area contributed by atoms with Crippen LogP contribution in [0.25, 0.3) is 0 Å². The Morgan fingerprint density at radius 1 is 1.29 bits per heavy atom. The van der Waals surface area contributed by atoms with Crippen molar-refractivity contribution >= 4 is 0 Å². The van der Waals surface area contributed by atoms with Crippen LogP contribution in [-0.2, 0) is 19.5 Å². The van der Waals surface area contributed by atoms with Gasteiger partial charge in [0.15, 0.2) is 0 Å². The van der Waals surface area contributed by atoms with Gasteiger partial charge in [-0.2, -0.15) is 0 Å². The maximum atomic E-state index is 5.51. The molecule has 17 heavy (non-hydrogen) atoms. The molecule has 2 aromatic heterocycles. The van der Waals surface area contributed by atoms with Crippen LogP contribution >= 0.6 is 0 Å². The monoisotopic (exact) mass is 231 g/mol. The van der Waals surface area contributed by atoms with Gasteiger partial charge in [-0.25, -0.2) is 4.98 Å². The zero-order chi connectivity index (χ0) is 12.1. The van der Waals surface area contributed by atoms with Crippen LogP contribution in [-0.4, -0.2) is 9.97 Å². The van der Waals surface area contributed by atoms with E-state index in [-0.39, 0.29) is 0 Å². The Morgan fingerprint density at radius 2 is 2.18 bits per heavy atom. The lowest BCUT2D eigenvalue weighted by Crippen LogP contribution is -2.13. The molecule has 4 nitrogen and oxygen atoms in total. The van der Waals surface area contributed by atoms with Gasteiger partial charge in [0.2, 0.25) is 5.89 Å². The van der Waals surface area contributed by atoms with Crippen LogP contribution < -0.4 is 5.32 Å². The van der Waals surface area contributed by atoms with Gasteiger partial charge in [-0.1, -0.05) is 6.92 Å². The topological polar surface area (TPSA) is 51.0 Å². The van der Waals surface area contributed by atoms with Gasteiger partial charge in [0.1, 0.15) is 5.76 Å². The molecule has 0 aliphatic carbocycles. The van der Waals surface area contributed by atoms with E-state index in [0.717, 1.165) is 24.6 Å². The third-order valence-electron chi connectivity index (χ3n) is 2.69. The van der Waals surface area contributed by atoms with E-state index < -0.39 is 0 Å². The highest BCUT2D eigenvalue weighted by Crippen LogP contribution is 2.06. The molecule has 90 valence electrons. The summed E-state index contributed by atoms with van der Waals surface area (Å²) in [6.07, 6.45) is 6.36. The molecule has 0 radical (unpaired) electrons. The molecular formula is C13H17N3O. The maximum absolute atomic E-state index is 5.51. The van der Waals surface area contributed by atoms with Crippen LogP contribution in [0.1, 0.15) is 29.7 Å². The number of pyridine rings is 1. The Bertz CT molecular complexity index is 479. The molecule has 4 heteroatoms. The van der Waals surface area contributed by atoms with Crippen LogP contribution in [0.4, 0.5) is 0 Å². The van der Waals surface area contributed by atoms with Crippen molar-refractivity contribution in [2.75, 3.05) is 0 Å². The van der Waals surface area contributed by atoms with E-state index >= 15 is 0 Å². The molecule has 0 amide bonds. The Balaban J connectivity index is 1.85. The summed E-state index contributed by atoms with van der Waals surface area (Å²) in [6.45, 7) is 5.56. The first-order valence-corrected chi connectivity index (χ1v) is 5.83. The standard InChI is InChI=1S/C13H17N3O/c1-3-12-8-16-13(17-12)9-15-7-11-6-14-5-4-10(11)2/h4-6,8,15H,3,7,9H2,1-2H3. The zero-order valence-electron chi connectivity index (χ0n) is 10.2. The molecular weight excluding hydrogens is 214 g/mol. The van der Waals surface area contributed by atoms with E-state index in [9.17, 15) is 0 Å². The molecule has 0 spiro atoms. The van der Waals surface area contributed by atoms with Gasteiger partial charge in [0.25, 0.3) is 0 Å². The van der Waals surface area contributed by atoms with E-state index in [4.69, 9.17) is 4.42 Å². The van der Waals surface area contributed by atoms with Crippen molar-refractivity contribution in [3.63, 3.8) is 0 Å². The Kier molecular flexibility index (Phi) is 3.88. The fraction of sp³-hybridized carbons (Fsp3) is 0.385. The molecule has 2 rings (SSSR count). The second kappa shape index (κ2) is 5.59. The summed E-state index contributed by atoms with van der Waals surface area (Å²) in [5, 5.41) is 3.30. The van der Waals surface area contributed by atoms with Crippen molar-refractivity contribution in [2.24, 2.45) is 0 Å². The van der Waals surface area contributed by atoms with Gasteiger partial charge >= 0.3 is 0 Å². The predicted octanol–water partition coefficient (Wildman–Crippen LogP) is 2.23. The van der Waals surface area contributed by atoms with Gasteiger partial charge < -0.3 is 9.73 Å². The number of hydrogen-bond acceptors (Lipinski definition) is 4. The summed E-state index contributed by atoms with van der Waals surface area (Å²) >= 11 is 0. The van der Waals surface area contributed by atoms with E-state index in [0.29, 0.717) is 6.54 Å². The summed E-state index contributed by atoms with van der Waals surface area (Å²) in [4.78, 5) is 8.31. The quantitative estimate of drug-likeness (QED) is 0.857. The molecule has 0 atom stereocenters. The SMILES string of the molecule is CCc1cnc(CNCc2cnccc2C)o1. The summed E-state index contributed by atoms with van der Waals surface area (Å²) in [6, 6.07) is 2.01. The van der Waals surface area contributed by atoms with Crippen molar-refractivity contribution in [2.45, 2.75) is 33.4 Å². The van der Waals surface area contributed by atoms with Crippen molar-refractivity contribution in [3.8, 4) is 0 Å². The Labute approximate surface area is 101 Å². The molecule has 0 saturated heterocycles. The molecule has 0 aliphatic rings. The molecule has 0 fully saturated rings. The van der Waals surface area contributed by atoms with E-state index in [1.807, 2.05) is 12.3 Å². The van der Waals surface area contributed by atoms with Crippen molar-refractivity contribution in [1.82, 2.24) is 15.3 Å². The second-order valence-corrected chi connectivity index (χ2v) is 3.98. The molecule has 0 aromatic carbocycles. The number of hydrogen-bond donors (Lipinski definition) is 1. The minimum Gasteiger partial charge on any atom is -0.444 e. The molecule has 0 aliphatic heterocycles. The maximum Gasteiger partial charge on any atom is 0.208 e. The Hall–Kier alpha value is -1.68. The second-order valence-electron chi connectivity index (χ2n) is 3.98. The first-order chi connectivity index (χ1) is 8.29. The molecule has 2 aromatic rings. The highest BCUT2D eigenvalue weighted by molar-refractivity contribution is 5.20. The average molecular weight is 231 g/mol. The fourth-order valence-electron chi connectivity index (χ4n) is 1.58. The largest absolute Gasteiger partial charge is 0.444 e. The highest BCUT2D eigenvalue weighted by Gasteiger charge is 2.02. The van der Waals surface area contributed by atoms with Crippen LogP contribution in [0.2, 0.25) is 0 Å². The third-order valence-corrected chi connectivity index (χ3v) is 2.69. The normalized spacial score (nSPS) is 10.7. The lowest BCUT2D eigenvalue weighted by Gasteiger charge is -2.04. The van der Waals surface area contributed by atoms with Crippen LogP contribution in [0, 0.1) is 6.92 Å². The molecule has 0 unspecified atom stereocenters. The fourth-order valence-corrected chi connectivity index (χ4v) is 1.58. The molecule has 2 heterocycles. The smallest absolute Gasteiger partial charge is 0.208 e. The van der Waals surface area contributed by atoms with Gasteiger partial charge in [0, 0.05) is 25.4 Å².